The molecule has 1 fully saturated rings. The van der Waals surface area contributed by atoms with E-state index in [1.54, 1.807) is 12.1 Å². The van der Waals surface area contributed by atoms with Gasteiger partial charge in [-0.25, -0.2) is 0 Å². The second-order valence-corrected chi connectivity index (χ2v) is 4.94. The van der Waals surface area contributed by atoms with Crippen molar-refractivity contribution >= 4 is 0 Å². The van der Waals surface area contributed by atoms with E-state index in [0.29, 0.717) is 5.75 Å². The van der Waals surface area contributed by atoms with E-state index in [2.05, 4.69) is 11.8 Å². The Balaban J connectivity index is 2.22. The van der Waals surface area contributed by atoms with Crippen LogP contribution in [0.1, 0.15) is 31.4 Å². The lowest BCUT2D eigenvalue weighted by Gasteiger charge is -2.32. The summed E-state index contributed by atoms with van der Waals surface area (Å²) in [4.78, 5) is 2.44. The van der Waals surface area contributed by atoms with Gasteiger partial charge < -0.3 is 10.2 Å². The van der Waals surface area contributed by atoms with Crippen molar-refractivity contribution < 1.29 is 10.2 Å². The van der Waals surface area contributed by atoms with Crippen molar-refractivity contribution in [3.05, 3.63) is 29.8 Å². The molecule has 0 aliphatic carbocycles. The van der Waals surface area contributed by atoms with Crippen LogP contribution in [0.3, 0.4) is 0 Å². The lowest BCUT2D eigenvalue weighted by molar-refractivity contribution is 0.126. The smallest absolute Gasteiger partial charge is 0.115 e. The molecule has 2 N–H and O–H groups in total. The van der Waals surface area contributed by atoms with E-state index in [4.69, 9.17) is 0 Å². The van der Waals surface area contributed by atoms with Crippen LogP contribution in [0.25, 0.3) is 0 Å². The van der Waals surface area contributed by atoms with E-state index < -0.39 is 0 Å². The number of aliphatic hydroxyl groups is 1. The van der Waals surface area contributed by atoms with Crippen molar-refractivity contribution in [1.29, 1.82) is 0 Å². The van der Waals surface area contributed by atoms with Crippen LogP contribution in [0.5, 0.6) is 5.75 Å². The minimum Gasteiger partial charge on any atom is -0.508 e. The first-order valence-corrected chi connectivity index (χ1v) is 6.36. The third-order valence-electron chi connectivity index (χ3n) is 3.60. The van der Waals surface area contributed by atoms with Gasteiger partial charge in [0.2, 0.25) is 0 Å². The summed E-state index contributed by atoms with van der Waals surface area (Å²) < 4.78 is 0. The van der Waals surface area contributed by atoms with Crippen molar-refractivity contribution in [3.63, 3.8) is 0 Å². The summed E-state index contributed by atoms with van der Waals surface area (Å²) in [7, 11) is 0. The number of likely N-dealkylation sites (tertiary alicyclic amines) is 1. The van der Waals surface area contributed by atoms with Crippen LogP contribution < -0.4 is 0 Å². The van der Waals surface area contributed by atoms with E-state index in [0.717, 1.165) is 13.1 Å². The third kappa shape index (κ3) is 2.79. The van der Waals surface area contributed by atoms with Crippen molar-refractivity contribution in [1.82, 2.24) is 4.90 Å². The molecule has 1 aliphatic heterocycles. The summed E-state index contributed by atoms with van der Waals surface area (Å²) in [5.74, 6) is 0.517. The minimum atomic E-state index is 0.196. The van der Waals surface area contributed by atoms with Gasteiger partial charge in [0.15, 0.2) is 0 Å². The molecule has 17 heavy (non-hydrogen) atoms. The Bertz CT molecular complexity index is 344. The number of aromatic hydroxyl groups is 1. The summed E-state index contributed by atoms with van der Waals surface area (Å²) in [5.41, 5.74) is 1.19. The van der Waals surface area contributed by atoms with Gasteiger partial charge in [0.1, 0.15) is 5.75 Å². The summed E-state index contributed by atoms with van der Waals surface area (Å²) in [6.45, 7) is 4.49. The van der Waals surface area contributed by atoms with Crippen molar-refractivity contribution in [2.24, 2.45) is 5.92 Å². The van der Waals surface area contributed by atoms with Gasteiger partial charge in [0, 0.05) is 12.6 Å². The predicted molar refractivity (Wildman–Crippen MR) is 67.9 cm³/mol. The van der Waals surface area contributed by atoms with E-state index in [1.165, 1.54) is 18.4 Å². The Hall–Kier alpha value is -1.06. The summed E-state index contributed by atoms with van der Waals surface area (Å²) in [6, 6.07) is 7.64. The molecule has 1 aromatic rings. The largest absolute Gasteiger partial charge is 0.508 e. The van der Waals surface area contributed by atoms with Gasteiger partial charge in [-0.2, -0.15) is 0 Å². The van der Waals surface area contributed by atoms with Gasteiger partial charge in [0.25, 0.3) is 0 Å². The molecule has 1 aliphatic rings. The monoisotopic (exact) mass is 235 g/mol. The Labute approximate surface area is 103 Å². The Kier molecular flexibility index (Phi) is 4.02. The fourth-order valence-corrected chi connectivity index (χ4v) is 2.69. The predicted octanol–water partition coefficient (Wildman–Crippen LogP) is 2.16. The normalized spacial score (nSPS) is 20.4. The quantitative estimate of drug-likeness (QED) is 0.840. The summed E-state index contributed by atoms with van der Waals surface area (Å²) >= 11 is 0. The molecule has 0 bridgehead atoms. The fraction of sp³-hybridized carbons (Fsp3) is 0.571. The van der Waals surface area contributed by atoms with Crippen LogP contribution in [-0.4, -0.2) is 34.8 Å². The summed E-state index contributed by atoms with van der Waals surface area (Å²) in [5, 5.41) is 18.7. The molecular weight excluding hydrogens is 214 g/mol. The van der Waals surface area contributed by atoms with Crippen LogP contribution >= 0.6 is 0 Å². The molecule has 1 aromatic carbocycles. The highest BCUT2D eigenvalue weighted by Gasteiger charge is 2.27. The number of hydrogen-bond acceptors (Lipinski definition) is 3. The topological polar surface area (TPSA) is 43.7 Å². The second kappa shape index (κ2) is 5.52. The maximum Gasteiger partial charge on any atom is 0.115 e. The number of rotatable bonds is 4. The van der Waals surface area contributed by atoms with E-state index in [1.807, 2.05) is 12.1 Å². The van der Waals surface area contributed by atoms with Crippen molar-refractivity contribution in [2.75, 3.05) is 19.7 Å². The molecule has 0 radical (unpaired) electrons. The molecule has 1 heterocycles. The Morgan fingerprint density at radius 3 is 2.29 bits per heavy atom. The van der Waals surface area contributed by atoms with Gasteiger partial charge in [0.05, 0.1) is 0 Å². The first-order valence-electron chi connectivity index (χ1n) is 6.36. The molecule has 3 nitrogen and oxygen atoms in total. The van der Waals surface area contributed by atoms with E-state index in [9.17, 15) is 10.2 Å². The highest BCUT2D eigenvalue weighted by Crippen LogP contribution is 2.32. The zero-order valence-electron chi connectivity index (χ0n) is 10.3. The van der Waals surface area contributed by atoms with Crippen molar-refractivity contribution in [2.45, 2.75) is 25.8 Å². The average molecular weight is 235 g/mol. The van der Waals surface area contributed by atoms with Gasteiger partial charge >= 0.3 is 0 Å². The number of aliphatic hydroxyl groups excluding tert-OH is 1. The number of nitrogens with zero attached hydrogens (tertiary/aromatic N) is 1. The molecule has 94 valence electrons. The molecule has 0 spiro atoms. The first-order chi connectivity index (χ1) is 8.22. The highest BCUT2D eigenvalue weighted by atomic mass is 16.3. The molecule has 2 rings (SSSR count). The maximum absolute atomic E-state index is 9.41. The number of phenols is 1. The van der Waals surface area contributed by atoms with E-state index >= 15 is 0 Å². The van der Waals surface area contributed by atoms with Crippen LogP contribution in [0.4, 0.5) is 0 Å². The summed E-state index contributed by atoms with van der Waals surface area (Å²) in [6.07, 6.45) is 2.49. The number of phenolic OH excluding ortho intramolecular Hbond substituents is 1. The van der Waals surface area contributed by atoms with E-state index in [-0.39, 0.29) is 18.6 Å². The standard InChI is InChI=1S/C14H21NO2/c1-11(10-16)14(15-8-2-3-9-15)12-4-6-13(17)7-5-12/h4-7,11,14,16-17H,2-3,8-10H2,1H3. The average Bonchev–Trinajstić information content (AvgIpc) is 2.85. The number of benzene rings is 1. The lowest BCUT2D eigenvalue weighted by Crippen LogP contribution is -2.31. The van der Waals surface area contributed by atoms with Gasteiger partial charge in [-0.3, -0.25) is 4.90 Å². The molecule has 2 unspecified atom stereocenters. The van der Waals surface area contributed by atoms with Crippen LogP contribution in [0, 0.1) is 5.92 Å². The molecule has 3 heteroatoms. The molecule has 1 saturated heterocycles. The number of hydrogen-bond donors (Lipinski definition) is 2. The molecule has 2 atom stereocenters. The van der Waals surface area contributed by atoms with Crippen LogP contribution in [-0.2, 0) is 0 Å². The molecular formula is C14H21NO2. The minimum absolute atomic E-state index is 0.196. The zero-order valence-corrected chi connectivity index (χ0v) is 10.3. The van der Waals surface area contributed by atoms with Crippen LogP contribution in [0.2, 0.25) is 0 Å². The Morgan fingerprint density at radius 1 is 1.18 bits per heavy atom. The molecule has 0 amide bonds. The van der Waals surface area contributed by atoms with Crippen molar-refractivity contribution in [3.8, 4) is 5.75 Å². The lowest BCUT2D eigenvalue weighted by atomic mass is 9.93. The highest BCUT2D eigenvalue weighted by molar-refractivity contribution is 5.28. The maximum atomic E-state index is 9.41. The zero-order chi connectivity index (χ0) is 12.3. The Morgan fingerprint density at radius 2 is 1.76 bits per heavy atom. The SMILES string of the molecule is CC(CO)C(c1ccc(O)cc1)N1CCCC1. The molecule has 0 saturated carbocycles. The fourth-order valence-electron chi connectivity index (χ4n) is 2.69. The van der Waals surface area contributed by atoms with Gasteiger partial charge in [-0.05, 0) is 49.5 Å². The van der Waals surface area contributed by atoms with Gasteiger partial charge in [-0.1, -0.05) is 19.1 Å². The second-order valence-electron chi connectivity index (χ2n) is 4.94. The first kappa shape index (κ1) is 12.4. The van der Waals surface area contributed by atoms with Crippen LogP contribution in [0.15, 0.2) is 24.3 Å². The van der Waals surface area contributed by atoms with Gasteiger partial charge in [-0.15, -0.1) is 0 Å². The molecule has 0 aromatic heterocycles. The third-order valence-corrected chi connectivity index (χ3v) is 3.60.